The molecule has 0 saturated carbocycles. The minimum absolute atomic E-state index is 0.0557. The third-order valence-corrected chi connectivity index (χ3v) is 3.30. The number of ether oxygens (including phenoxy) is 1. The van der Waals surface area contributed by atoms with Crippen molar-refractivity contribution in [3.63, 3.8) is 0 Å². The van der Waals surface area contributed by atoms with Gasteiger partial charge >= 0.3 is 18.3 Å². The predicted octanol–water partition coefficient (Wildman–Crippen LogP) is 2.06. The Morgan fingerprint density at radius 1 is 1.29 bits per heavy atom. The lowest BCUT2D eigenvalue weighted by molar-refractivity contribution is -0.197. The lowest BCUT2D eigenvalue weighted by Crippen LogP contribution is -2.69. The van der Waals surface area contributed by atoms with Crippen molar-refractivity contribution in [1.29, 1.82) is 0 Å². The molecule has 1 unspecified atom stereocenters. The second kappa shape index (κ2) is 6.02. The van der Waals surface area contributed by atoms with Gasteiger partial charge in [0, 0.05) is 0 Å². The van der Waals surface area contributed by atoms with E-state index in [0.29, 0.717) is 4.90 Å². The zero-order valence-electron chi connectivity index (χ0n) is 12.7. The van der Waals surface area contributed by atoms with Crippen LogP contribution < -0.4 is 15.5 Å². The molecule has 7 nitrogen and oxygen atoms in total. The topological polar surface area (TPSA) is 87.7 Å². The molecule has 1 atom stereocenters. The zero-order chi connectivity index (χ0) is 18.1. The Morgan fingerprint density at radius 3 is 2.38 bits per heavy atom. The van der Waals surface area contributed by atoms with Crippen molar-refractivity contribution in [2.75, 3.05) is 11.5 Å². The molecule has 1 aliphatic heterocycles. The number of amides is 4. The van der Waals surface area contributed by atoms with E-state index < -0.39 is 29.9 Å². The molecular formula is C14H14F3N3O4. The maximum atomic E-state index is 13.5. The van der Waals surface area contributed by atoms with E-state index in [4.69, 9.17) is 0 Å². The number of nitrogens with zero attached hydrogens (tertiary/aromatic N) is 1. The quantitative estimate of drug-likeness (QED) is 0.821. The number of hydrogen-bond donors (Lipinski definition) is 2. The second-order valence-corrected chi connectivity index (χ2v) is 5.00. The number of aryl methyl sites for hydroxylation is 1. The van der Waals surface area contributed by atoms with Gasteiger partial charge in [0.2, 0.25) is 0 Å². The van der Waals surface area contributed by atoms with E-state index >= 15 is 0 Å². The van der Waals surface area contributed by atoms with Crippen LogP contribution in [0.4, 0.5) is 28.4 Å². The van der Waals surface area contributed by atoms with Crippen molar-refractivity contribution >= 4 is 23.7 Å². The third kappa shape index (κ3) is 2.86. The van der Waals surface area contributed by atoms with Gasteiger partial charge in [-0.05, 0) is 26.0 Å². The first-order valence-corrected chi connectivity index (χ1v) is 6.87. The Hall–Kier alpha value is -2.78. The number of anilines is 1. The minimum atomic E-state index is -5.27. The molecule has 0 spiro atoms. The van der Waals surface area contributed by atoms with E-state index in [9.17, 15) is 27.6 Å². The molecule has 2 N–H and O–H groups in total. The first-order valence-electron chi connectivity index (χ1n) is 6.87. The maximum Gasteiger partial charge on any atom is 0.440 e. The largest absolute Gasteiger partial charge is 0.450 e. The van der Waals surface area contributed by atoms with Crippen molar-refractivity contribution < 1.29 is 32.3 Å². The van der Waals surface area contributed by atoms with Gasteiger partial charge in [-0.15, -0.1) is 0 Å². The van der Waals surface area contributed by atoms with Gasteiger partial charge in [-0.25, -0.2) is 14.5 Å². The fourth-order valence-corrected chi connectivity index (χ4v) is 2.13. The van der Waals surface area contributed by atoms with Crippen LogP contribution in [0.5, 0.6) is 0 Å². The van der Waals surface area contributed by atoms with E-state index in [1.54, 1.807) is 6.92 Å². The van der Waals surface area contributed by atoms with Crippen LogP contribution in [0.1, 0.15) is 12.5 Å². The average Bonchev–Trinajstić information content (AvgIpc) is 2.72. The molecule has 130 valence electrons. The Morgan fingerprint density at radius 2 is 1.88 bits per heavy atom. The lowest BCUT2D eigenvalue weighted by atomic mass is 10.1. The Kier molecular flexibility index (Phi) is 4.41. The van der Waals surface area contributed by atoms with Crippen molar-refractivity contribution in [3.8, 4) is 0 Å². The van der Waals surface area contributed by atoms with Crippen LogP contribution in [-0.2, 0) is 9.53 Å². The van der Waals surface area contributed by atoms with Crippen LogP contribution >= 0.6 is 0 Å². The molecule has 2 rings (SSSR count). The van der Waals surface area contributed by atoms with Gasteiger partial charge in [-0.3, -0.25) is 15.4 Å². The highest BCUT2D eigenvalue weighted by atomic mass is 19.4. The summed E-state index contributed by atoms with van der Waals surface area (Å²) in [5.41, 5.74) is -2.85. The number of hydrogen-bond acceptors (Lipinski definition) is 4. The number of rotatable bonds is 3. The van der Waals surface area contributed by atoms with E-state index in [0.717, 1.165) is 5.56 Å². The van der Waals surface area contributed by atoms with Crippen LogP contribution in [0.3, 0.4) is 0 Å². The summed E-state index contributed by atoms with van der Waals surface area (Å²) >= 11 is 0. The molecule has 0 bridgehead atoms. The Bertz CT molecular complexity index is 675. The van der Waals surface area contributed by atoms with Crippen LogP contribution in [0.2, 0.25) is 0 Å². The van der Waals surface area contributed by atoms with Crippen LogP contribution in [0.25, 0.3) is 0 Å². The van der Waals surface area contributed by atoms with E-state index in [2.05, 4.69) is 4.74 Å². The van der Waals surface area contributed by atoms with E-state index in [1.165, 1.54) is 41.8 Å². The van der Waals surface area contributed by atoms with E-state index in [-0.39, 0.29) is 12.3 Å². The molecular weight excluding hydrogens is 331 g/mol. The lowest BCUT2D eigenvalue weighted by Gasteiger charge is -2.29. The normalized spacial score (nSPS) is 20.8. The molecule has 4 amide bonds. The first-order chi connectivity index (χ1) is 11.1. The molecule has 1 aromatic carbocycles. The molecule has 24 heavy (non-hydrogen) atoms. The van der Waals surface area contributed by atoms with E-state index in [1.807, 2.05) is 0 Å². The summed E-state index contributed by atoms with van der Waals surface area (Å²) < 4.78 is 44.8. The smallest absolute Gasteiger partial charge is 0.440 e. The number of imide groups is 1. The molecule has 0 radical (unpaired) electrons. The second-order valence-electron chi connectivity index (χ2n) is 5.00. The van der Waals surface area contributed by atoms with Gasteiger partial charge < -0.3 is 4.74 Å². The predicted molar refractivity (Wildman–Crippen MR) is 76.1 cm³/mol. The monoisotopic (exact) mass is 345 g/mol. The van der Waals surface area contributed by atoms with Crippen LogP contribution in [0.15, 0.2) is 24.3 Å². The van der Waals surface area contributed by atoms with Gasteiger partial charge in [0.25, 0.3) is 11.6 Å². The van der Waals surface area contributed by atoms with Crippen LogP contribution in [0, 0.1) is 6.92 Å². The number of urea groups is 1. The molecule has 0 aliphatic carbocycles. The number of benzene rings is 1. The molecule has 1 fully saturated rings. The summed E-state index contributed by atoms with van der Waals surface area (Å²) in [5.74, 6) is -1.67. The fourth-order valence-electron chi connectivity index (χ4n) is 2.13. The average molecular weight is 345 g/mol. The maximum absolute atomic E-state index is 13.5. The summed E-state index contributed by atoms with van der Waals surface area (Å²) in [6.07, 6.45) is -6.75. The van der Waals surface area contributed by atoms with Crippen molar-refractivity contribution in [3.05, 3.63) is 29.8 Å². The highest BCUT2D eigenvalue weighted by molar-refractivity contribution is 6.24. The highest BCUT2D eigenvalue weighted by Crippen LogP contribution is 2.35. The van der Waals surface area contributed by atoms with Crippen molar-refractivity contribution in [2.24, 2.45) is 0 Å². The number of carbonyl (C=O) groups excluding carboxylic acids is 3. The van der Waals surface area contributed by atoms with Gasteiger partial charge in [0.1, 0.15) is 0 Å². The van der Waals surface area contributed by atoms with Gasteiger partial charge in [0.05, 0.1) is 12.3 Å². The Labute approximate surface area is 134 Å². The van der Waals surface area contributed by atoms with Gasteiger partial charge in [-0.2, -0.15) is 13.2 Å². The van der Waals surface area contributed by atoms with Crippen molar-refractivity contribution in [2.45, 2.75) is 25.7 Å². The van der Waals surface area contributed by atoms with Crippen LogP contribution in [-0.4, -0.2) is 36.5 Å². The molecule has 1 heterocycles. The molecule has 10 heteroatoms. The zero-order valence-corrected chi connectivity index (χ0v) is 12.7. The number of nitrogens with one attached hydrogen (secondary N) is 2. The fraction of sp³-hybridized carbons (Fsp3) is 0.357. The van der Waals surface area contributed by atoms with Gasteiger partial charge in [-0.1, -0.05) is 17.7 Å². The first kappa shape index (κ1) is 17.6. The standard InChI is InChI=1S/C14H14F3N3O4/c1-3-24-12(23)19-13(14(15,16)17)10(21)20(11(22)18-13)9-6-4-8(2)5-7-9/h4-7H,3H2,1-2H3,(H,18,22)(H,19,23). The Balaban J connectivity index is 2.43. The summed E-state index contributed by atoms with van der Waals surface area (Å²) in [6.45, 7) is 2.91. The van der Waals surface area contributed by atoms with Gasteiger partial charge in [0.15, 0.2) is 0 Å². The highest BCUT2D eigenvalue weighted by Gasteiger charge is 2.69. The summed E-state index contributed by atoms with van der Waals surface area (Å²) in [6, 6.07) is 4.40. The van der Waals surface area contributed by atoms with Crippen molar-refractivity contribution in [1.82, 2.24) is 10.6 Å². The summed E-state index contributed by atoms with van der Waals surface area (Å²) in [7, 11) is 0. The number of halogens is 3. The molecule has 1 saturated heterocycles. The molecule has 1 aromatic rings. The number of alkyl carbamates (subject to hydrolysis) is 1. The number of carbonyl (C=O) groups is 3. The summed E-state index contributed by atoms with van der Waals surface area (Å²) in [5, 5.41) is 2.93. The third-order valence-electron chi connectivity index (χ3n) is 3.30. The number of alkyl halides is 3. The SMILES string of the molecule is CCOC(=O)NC1(C(F)(F)F)NC(=O)N(c2ccc(C)cc2)C1=O. The molecule has 0 aromatic heterocycles. The summed E-state index contributed by atoms with van der Waals surface area (Å²) in [4.78, 5) is 36.1. The molecule has 1 aliphatic rings. The minimum Gasteiger partial charge on any atom is -0.450 e.